The minimum atomic E-state index is -4.20. The summed E-state index contributed by atoms with van der Waals surface area (Å²) in [7, 11) is -4.20. The second-order valence-electron chi connectivity index (χ2n) is 7.25. The molecule has 1 amide bonds. The van der Waals surface area contributed by atoms with Crippen LogP contribution in [-0.2, 0) is 26.3 Å². The van der Waals surface area contributed by atoms with Crippen molar-refractivity contribution in [3.63, 3.8) is 0 Å². The third kappa shape index (κ3) is 5.05. The second-order valence-corrected chi connectivity index (χ2v) is 9.02. The number of carbonyl (C=O) groups excluding carboxylic acids is 2. The predicted molar refractivity (Wildman–Crippen MR) is 122 cm³/mol. The molecular formula is C24H22N2O6S. The van der Waals surface area contributed by atoms with Gasteiger partial charge in [-0.2, -0.15) is 8.42 Å². The molecule has 33 heavy (non-hydrogen) atoms. The van der Waals surface area contributed by atoms with Gasteiger partial charge in [-0.15, -0.1) is 0 Å². The molecule has 170 valence electrons. The van der Waals surface area contributed by atoms with Crippen LogP contribution in [0.5, 0.6) is 5.75 Å². The van der Waals surface area contributed by atoms with Crippen LogP contribution < -0.4 is 9.04 Å². The molecular weight excluding hydrogens is 444 g/mol. The van der Waals surface area contributed by atoms with E-state index in [4.69, 9.17) is 9.47 Å². The molecule has 1 aliphatic rings. The van der Waals surface area contributed by atoms with Gasteiger partial charge in [0.1, 0.15) is 12.5 Å². The second kappa shape index (κ2) is 9.85. The van der Waals surface area contributed by atoms with E-state index in [1.807, 2.05) is 12.1 Å². The van der Waals surface area contributed by atoms with Crippen molar-refractivity contribution in [1.82, 2.24) is 4.31 Å². The molecule has 1 heterocycles. The largest absolute Gasteiger partial charge is 0.426 e. The number of esters is 1. The van der Waals surface area contributed by atoms with Crippen LogP contribution in [-0.4, -0.2) is 37.9 Å². The van der Waals surface area contributed by atoms with Crippen molar-refractivity contribution in [3.8, 4) is 5.75 Å². The molecule has 8 nitrogen and oxygen atoms in total. The highest BCUT2D eigenvalue weighted by Crippen LogP contribution is 2.33. The maximum absolute atomic E-state index is 13.3. The van der Waals surface area contributed by atoms with Crippen molar-refractivity contribution in [2.45, 2.75) is 13.0 Å². The van der Waals surface area contributed by atoms with Crippen molar-refractivity contribution in [2.75, 3.05) is 17.6 Å². The van der Waals surface area contributed by atoms with Gasteiger partial charge in [0, 0.05) is 0 Å². The van der Waals surface area contributed by atoms with Gasteiger partial charge in [0.15, 0.2) is 0 Å². The Hall–Kier alpha value is -3.69. The number of hydrogen-bond donors (Lipinski definition) is 0. The fourth-order valence-electron chi connectivity index (χ4n) is 3.37. The maximum Gasteiger partial charge on any atom is 0.331 e. The fraction of sp³-hybridized carbons (Fsp3) is 0.167. The highest BCUT2D eigenvalue weighted by Gasteiger charge is 2.41. The van der Waals surface area contributed by atoms with Crippen LogP contribution >= 0.6 is 0 Å². The first-order valence-corrected chi connectivity index (χ1v) is 11.7. The van der Waals surface area contributed by atoms with Gasteiger partial charge in [0.25, 0.3) is 5.91 Å². The number of anilines is 1. The van der Waals surface area contributed by atoms with Crippen LogP contribution in [0.15, 0.2) is 84.9 Å². The summed E-state index contributed by atoms with van der Waals surface area (Å²) in [5.41, 5.74) is 1.17. The van der Waals surface area contributed by atoms with Crippen molar-refractivity contribution in [1.29, 1.82) is 0 Å². The van der Waals surface area contributed by atoms with Crippen molar-refractivity contribution in [3.05, 3.63) is 96.1 Å². The lowest BCUT2D eigenvalue weighted by Gasteiger charge is -2.36. The molecule has 1 aliphatic heterocycles. The van der Waals surface area contributed by atoms with E-state index in [-0.39, 0.29) is 37.6 Å². The molecule has 0 radical (unpaired) electrons. The third-order valence-electron chi connectivity index (χ3n) is 4.99. The summed E-state index contributed by atoms with van der Waals surface area (Å²) in [5, 5.41) is 0. The van der Waals surface area contributed by atoms with E-state index < -0.39 is 22.1 Å². The summed E-state index contributed by atoms with van der Waals surface area (Å²) in [5.74, 6) is -0.675. The van der Waals surface area contributed by atoms with Crippen LogP contribution in [0.4, 0.5) is 5.69 Å². The molecule has 0 fully saturated rings. The third-order valence-corrected chi connectivity index (χ3v) is 6.70. The smallest absolute Gasteiger partial charge is 0.331 e. The van der Waals surface area contributed by atoms with Crippen LogP contribution in [0.1, 0.15) is 22.3 Å². The predicted octanol–water partition coefficient (Wildman–Crippen LogP) is 3.36. The van der Waals surface area contributed by atoms with Crippen LogP contribution in [0.25, 0.3) is 0 Å². The van der Waals surface area contributed by atoms with Gasteiger partial charge >= 0.3 is 16.2 Å². The Balaban J connectivity index is 1.46. The van der Waals surface area contributed by atoms with Gasteiger partial charge in [0.2, 0.25) is 0 Å². The summed E-state index contributed by atoms with van der Waals surface area (Å²) in [4.78, 5) is 25.0. The van der Waals surface area contributed by atoms with E-state index in [1.54, 1.807) is 72.8 Å². The number of carbonyl (C=O) groups is 2. The van der Waals surface area contributed by atoms with Gasteiger partial charge in [-0.25, -0.2) is 8.61 Å². The SMILES string of the molecule is O=C(CCOCN1c2ccccc2C(=O)N(Cc2ccccc2)S1(=O)=O)Oc1ccccc1. The Morgan fingerprint density at radius 3 is 2.18 bits per heavy atom. The number of ether oxygens (including phenoxy) is 2. The monoisotopic (exact) mass is 466 g/mol. The van der Waals surface area contributed by atoms with E-state index in [2.05, 4.69) is 0 Å². The topological polar surface area (TPSA) is 93.2 Å². The van der Waals surface area contributed by atoms with Crippen molar-refractivity contribution >= 4 is 27.8 Å². The Labute approximate surface area is 192 Å². The van der Waals surface area contributed by atoms with Gasteiger partial charge in [-0.05, 0) is 29.8 Å². The molecule has 0 saturated heterocycles. The highest BCUT2D eigenvalue weighted by atomic mass is 32.2. The molecule has 0 spiro atoms. The Morgan fingerprint density at radius 2 is 1.45 bits per heavy atom. The number of amides is 1. The number of rotatable bonds is 8. The molecule has 0 saturated carbocycles. The minimum absolute atomic E-state index is 0.0491. The number of fused-ring (bicyclic) bond motifs is 1. The highest BCUT2D eigenvalue weighted by molar-refractivity contribution is 7.91. The van der Waals surface area contributed by atoms with Crippen LogP contribution in [0.2, 0.25) is 0 Å². The van der Waals surface area contributed by atoms with E-state index in [9.17, 15) is 18.0 Å². The van der Waals surface area contributed by atoms with E-state index in [0.717, 1.165) is 8.61 Å². The van der Waals surface area contributed by atoms with E-state index >= 15 is 0 Å². The van der Waals surface area contributed by atoms with Gasteiger partial charge in [-0.3, -0.25) is 9.59 Å². The number of benzene rings is 3. The van der Waals surface area contributed by atoms with E-state index in [1.165, 1.54) is 0 Å². The summed E-state index contributed by atoms with van der Waals surface area (Å²) in [6.07, 6.45) is -0.0584. The Morgan fingerprint density at radius 1 is 0.818 bits per heavy atom. The van der Waals surface area contributed by atoms with Crippen molar-refractivity contribution in [2.24, 2.45) is 0 Å². The molecule has 0 atom stereocenters. The zero-order valence-electron chi connectivity index (χ0n) is 17.7. The Bertz CT molecular complexity index is 1230. The zero-order valence-corrected chi connectivity index (χ0v) is 18.5. The maximum atomic E-state index is 13.3. The Kier molecular flexibility index (Phi) is 6.71. The average molecular weight is 467 g/mol. The molecule has 3 aromatic carbocycles. The molecule has 0 aromatic heterocycles. The zero-order chi connectivity index (χ0) is 23.3. The summed E-state index contributed by atoms with van der Waals surface area (Å²) < 4.78 is 39.2. The number of nitrogens with zero attached hydrogens (tertiary/aromatic N) is 2. The molecule has 0 aliphatic carbocycles. The van der Waals surface area contributed by atoms with E-state index in [0.29, 0.717) is 11.3 Å². The van der Waals surface area contributed by atoms with Gasteiger partial charge in [0.05, 0.1) is 30.8 Å². The fourth-order valence-corrected chi connectivity index (χ4v) is 4.84. The first-order valence-electron chi connectivity index (χ1n) is 10.3. The molecule has 3 aromatic rings. The first-order chi connectivity index (χ1) is 16.0. The molecule has 0 unspecified atom stereocenters. The molecule has 4 rings (SSSR count). The normalized spacial score (nSPS) is 14.6. The number of para-hydroxylation sites is 2. The summed E-state index contributed by atoms with van der Waals surface area (Å²) in [6.45, 7) is -0.501. The standard InChI is InChI=1S/C24H22N2O6S/c27-23(32-20-11-5-2-6-12-20)15-16-31-18-26-22-14-8-7-13-21(22)24(28)25(33(26,29)30)17-19-9-3-1-4-10-19/h1-14H,15-18H2. The first kappa shape index (κ1) is 22.5. The van der Waals surface area contributed by atoms with Gasteiger partial charge in [-0.1, -0.05) is 60.7 Å². The lowest BCUT2D eigenvalue weighted by Crippen LogP contribution is -2.51. The lowest BCUT2D eigenvalue weighted by molar-refractivity contribution is -0.135. The minimum Gasteiger partial charge on any atom is -0.426 e. The average Bonchev–Trinajstić information content (AvgIpc) is 2.82. The number of hydrogen-bond acceptors (Lipinski definition) is 6. The molecule has 0 bridgehead atoms. The quantitative estimate of drug-likeness (QED) is 0.287. The summed E-state index contributed by atoms with van der Waals surface area (Å²) >= 11 is 0. The van der Waals surface area contributed by atoms with Gasteiger partial charge < -0.3 is 9.47 Å². The molecule has 0 N–H and O–H groups in total. The summed E-state index contributed by atoms with van der Waals surface area (Å²) in [6, 6.07) is 24.0. The molecule has 9 heteroatoms. The lowest BCUT2D eigenvalue weighted by atomic mass is 10.1. The van der Waals surface area contributed by atoms with Crippen molar-refractivity contribution < 1.29 is 27.5 Å². The van der Waals surface area contributed by atoms with Crippen LogP contribution in [0.3, 0.4) is 0 Å². The van der Waals surface area contributed by atoms with Crippen LogP contribution in [0, 0.1) is 0 Å².